The van der Waals surface area contributed by atoms with Gasteiger partial charge in [0, 0.05) is 5.56 Å². The highest BCUT2D eigenvalue weighted by Crippen LogP contribution is 2.26. The molecule has 72 valence electrons. The second kappa shape index (κ2) is 3.73. The molecule has 1 heterocycles. The number of aryl methyl sites for hydroxylation is 2. The Kier molecular flexibility index (Phi) is 2.58. The average Bonchev–Trinajstić information content (AvgIpc) is 2.52. The molecule has 0 aliphatic carbocycles. The van der Waals surface area contributed by atoms with E-state index in [1.165, 1.54) is 16.7 Å². The molecule has 0 saturated carbocycles. The minimum absolute atomic E-state index is 1.11. The summed E-state index contributed by atoms with van der Waals surface area (Å²) in [7, 11) is 0. The van der Waals surface area contributed by atoms with Crippen molar-refractivity contribution in [2.24, 2.45) is 0 Å². The van der Waals surface area contributed by atoms with Crippen LogP contribution >= 0.6 is 22.6 Å². The maximum absolute atomic E-state index is 4.03. The first-order valence-electron chi connectivity index (χ1n) is 4.45. The van der Waals surface area contributed by atoms with Crippen LogP contribution in [0.5, 0.6) is 0 Å². The SMILES string of the molecule is Cc1ccc(-c2[nH]ncc2I)c(C)c1. The largest absolute Gasteiger partial charge is 0.277 e. The summed E-state index contributed by atoms with van der Waals surface area (Å²) >= 11 is 2.29. The van der Waals surface area contributed by atoms with E-state index in [4.69, 9.17) is 0 Å². The van der Waals surface area contributed by atoms with Crippen molar-refractivity contribution in [2.75, 3.05) is 0 Å². The van der Waals surface area contributed by atoms with Crippen LogP contribution < -0.4 is 0 Å². The highest BCUT2D eigenvalue weighted by Gasteiger charge is 2.07. The number of hydrogen-bond donors (Lipinski definition) is 1. The fourth-order valence-electron chi connectivity index (χ4n) is 1.55. The Balaban J connectivity index is 2.58. The lowest BCUT2D eigenvalue weighted by atomic mass is 10.0. The number of nitrogens with one attached hydrogen (secondary N) is 1. The van der Waals surface area contributed by atoms with Crippen molar-refractivity contribution in [3.63, 3.8) is 0 Å². The van der Waals surface area contributed by atoms with E-state index in [-0.39, 0.29) is 0 Å². The van der Waals surface area contributed by atoms with Crippen LogP contribution in [0.3, 0.4) is 0 Å². The zero-order valence-corrected chi connectivity index (χ0v) is 10.3. The van der Waals surface area contributed by atoms with Crippen LogP contribution in [0.15, 0.2) is 24.4 Å². The van der Waals surface area contributed by atoms with Gasteiger partial charge < -0.3 is 0 Å². The van der Waals surface area contributed by atoms with Crippen LogP contribution in [0.4, 0.5) is 0 Å². The Bertz CT molecular complexity index is 460. The summed E-state index contributed by atoms with van der Waals surface area (Å²) in [6.45, 7) is 4.23. The second-order valence-electron chi connectivity index (χ2n) is 3.41. The first kappa shape index (κ1) is 9.71. The third kappa shape index (κ3) is 1.68. The Morgan fingerprint density at radius 2 is 2.07 bits per heavy atom. The third-order valence-corrected chi connectivity index (χ3v) is 3.06. The lowest BCUT2D eigenvalue weighted by Gasteiger charge is -2.04. The molecule has 14 heavy (non-hydrogen) atoms. The molecule has 2 aromatic rings. The average molecular weight is 298 g/mol. The van der Waals surface area contributed by atoms with Gasteiger partial charge in [-0.05, 0) is 42.0 Å². The van der Waals surface area contributed by atoms with E-state index < -0.39 is 0 Å². The van der Waals surface area contributed by atoms with E-state index in [1.54, 1.807) is 0 Å². The lowest BCUT2D eigenvalue weighted by Crippen LogP contribution is -1.86. The highest BCUT2D eigenvalue weighted by atomic mass is 127. The van der Waals surface area contributed by atoms with Crippen LogP contribution in [0.1, 0.15) is 11.1 Å². The maximum Gasteiger partial charge on any atom is 0.0786 e. The fraction of sp³-hybridized carbons (Fsp3) is 0.182. The number of benzene rings is 1. The van der Waals surface area contributed by atoms with Crippen molar-refractivity contribution in [2.45, 2.75) is 13.8 Å². The molecule has 0 aliphatic heterocycles. The van der Waals surface area contributed by atoms with Gasteiger partial charge in [-0.1, -0.05) is 23.8 Å². The topological polar surface area (TPSA) is 28.7 Å². The molecule has 0 fully saturated rings. The van der Waals surface area contributed by atoms with E-state index in [0.29, 0.717) is 0 Å². The predicted octanol–water partition coefficient (Wildman–Crippen LogP) is 3.30. The smallest absolute Gasteiger partial charge is 0.0786 e. The van der Waals surface area contributed by atoms with Gasteiger partial charge >= 0.3 is 0 Å². The van der Waals surface area contributed by atoms with Crippen LogP contribution in [0.2, 0.25) is 0 Å². The monoisotopic (exact) mass is 298 g/mol. The van der Waals surface area contributed by atoms with Crippen molar-refractivity contribution in [3.05, 3.63) is 39.1 Å². The van der Waals surface area contributed by atoms with E-state index in [1.807, 2.05) is 6.20 Å². The van der Waals surface area contributed by atoms with Crippen LogP contribution in [0, 0.1) is 17.4 Å². The van der Waals surface area contributed by atoms with E-state index in [0.717, 1.165) is 9.26 Å². The Hall–Kier alpha value is -0.840. The molecular formula is C11H11IN2. The predicted molar refractivity (Wildman–Crippen MR) is 66.2 cm³/mol. The molecule has 1 N–H and O–H groups in total. The zero-order valence-electron chi connectivity index (χ0n) is 8.13. The van der Waals surface area contributed by atoms with E-state index in [9.17, 15) is 0 Å². The molecule has 0 atom stereocenters. The molecule has 0 radical (unpaired) electrons. The first-order chi connectivity index (χ1) is 6.68. The van der Waals surface area contributed by atoms with Crippen LogP contribution in [0.25, 0.3) is 11.3 Å². The summed E-state index contributed by atoms with van der Waals surface area (Å²) in [6, 6.07) is 6.45. The quantitative estimate of drug-likeness (QED) is 0.804. The van der Waals surface area contributed by atoms with Crippen molar-refractivity contribution in [1.82, 2.24) is 10.2 Å². The number of halogens is 1. The van der Waals surface area contributed by atoms with Gasteiger partial charge in [0.05, 0.1) is 15.5 Å². The van der Waals surface area contributed by atoms with Crippen molar-refractivity contribution >= 4 is 22.6 Å². The van der Waals surface area contributed by atoms with Crippen molar-refractivity contribution < 1.29 is 0 Å². The molecule has 0 spiro atoms. The molecule has 0 unspecified atom stereocenters. The minimum atomic E-state index is 1.11. The number of rotatable bonds is 1. The van der Waals surface area contributed by atoms with Crippen LogP contribution in [-0.4, -0.2) is 10.2 Å². The van der Waals surface area contributed by atoms with Gasteiger partial charge in [0.15, 0.2) is 0 Å². The number of aromatic amines is 1. The summed E-state index contributed by atoms with van der Waals surface area (Å²) in [5.41, 5.74) is 4.92. The van der Waals surface area contributed by atoms with Gasteiger partial charge in [-0.15, -0.1) is 0 Å². The summed E-state index contributed by atoms with van der Waals surface area (Å²) in [6.07, 6.45) is 1.84. The molecule has 1 aromatic carbocycles. The number of nitrogens with zero attached hydrogens (tertiary/aromatic N) is 1. The Labute approximate surface area is 96.9 Å². The zero-order chi connectivity index (χ0) is 10.1. The molecule has 3 heteroatoms. The first-order valence-corrected chi connectivity index (χ1v) is 5.53. The van der Waals surface area contributed by atoms with Crippen molar-refractivity contribution in [3.8, 4) is 11.3 Å². The van der Waals surface area contributed by atoms with Gasteiger partial charge in [0.25, 0.3) is 0 Å². The molecule has 1 aromatic heterocycles. The van der Waals surface area contributed by atoms with Gasteiger partial charge in [0.2, 0.25) is 0 Å². The van der Waals surface area contributed by atoms with Gasteiger partial charge in [-0.2, -0.15) is 5.10 Å². The van der Waals surface area contributed by atoms with E-state index >= 15 is 0 Å². The summed E-state index contributed by atoms with van der Waals surface area (Å²) in [5.74, 6) is 0. The third-order valence-electron chi connectivity index (χ3n) is 2.24. The maximum atomic E-state index is 4.03. The Morgan fingerprint density at radius 1 is 1.29 bits per heavy atom. The van der Waals surface area contributed by atoms with Gasteiger partial charge in [0.1, 0.15) is 0 Å². The number of aromatic nitrogens is 2. The molecule has 0 saturated heterocycles. The van der Waals surface area contributed by atoms with Crippen molar-refractivity contribution in [1.29, 1.82) is 0 Å². The molecule has 0 bridgehead atoms. The summed E-state index contributed by atoms with van der Waals surface area (Å²) < 4.78 is 1.16. The minimum Gasteiger partial charge on any atom is -0.277 e. The molecule has 0 amide bonds. The summed E-state index contributed by atoms with van der Waals surface area (Å²) in [5, 5.41) is 7.05. The lowest BCUT2D eigenvalue weighted by molar-refractivity contribution is 1.09. The molecule has 2 nitrogen and oxygen atoms in total. The van der Waals surface area contributed by atoms with Gasteiger partial charge in [-0.3, -0.25) is 5.10 Å². The molecule has 0 aliphatic rings. The number of hydrogen-bond acceptors (Lipinski definition) is 1. The summed E-state index contributed by atoms with van der Waals surface area (Å²) in [4.78, 5) is 0. The second-order valence-corrected chi connectivity index (χ2v) is 4.57. The molecular weight excluding hydrogens is 287 g/mol. The molecule has 2 rings (SSSR count). The van der Waals surface area contributed by atoms with Gasteiger partial charge in [-0.25, -0.2) is 0 Å². The fourth-order valence-corrected chi connectivity index (χ4v) is 2.10. The van der Waals surface area contributed by atoms with E-state index in [2.05, 4.69) is 64.8 Å². The highest BCUT2D eigenvalue weighted by molar-refractivity contribution is 14.1. The number of H-pyrrole nitrogens is 1. The normalized spacial score (nSPS) is 10.5. The Morgan fingerprint density at radius 3 is 2.64 bits per heavy atom. The standard InChI is InChI=1S/C11H11IN2/c1-7-3-4-9(8(2)5-7)11-10(12)6-13-14-11/h3-6H,1-2H3,(H,13,14). The van der Waals surface area contributed by atoms with Crippen LogP contribution in [-0.2, 0) is 0 Å².